The van der Waals surface area contributed by atoms with Crippen LogP contribution in [-0.2, 0) is 39.2 Å². The lowest BCUT2D eigenvalue weighted by atomic mass is 9.88. The van der Waals surface area contributed by atoms with Gasteiger partial charge in [-0.25, -0.2) is 14.7 Å². The molecule has 0 bridgehead atoms. The summed E-state index contributed by atoms with van der Waals surface area (Å²) in [6.07, 6.45) is 4.81. The summed E-state index contributed by atoms with van der Waals surface area (Å²) in [7, 11) is 0. The Labute approximate surface area is 261 Å². The number of para-hydroxylation sites is 1. The fourth-order valence-corrected chi connectivity index (χ4v) is 6.99. The van der Waals surface area contributed by atoms with Crippen LogP contribution >= 0.6 is 11.6 Å². The summed E-state index contributed by atoms with van der Waals surface area (Å²) in [4.78, 5) is 12.0. The number of likely N-dealkylation sites (tertiary alicyclic amines) is 1. The van der Waals surface area contributed by atoms with Crippen LogP contribution in [-0.4, -0.2) is 55.3 Å². The lowest BCUT2D eigenvalue weighted by Gasteiger charge is -2.33. The zero-order chi connectivity index (χ0) is 29.8. The summed E-state index contributed by atoms with van der Waals surface area (Å²) >= 11 is 4.34. The van der Waals surface area contributed by atoms with E-state index < -0.39 is 17.1 Å². The maximum atomic E-state index is 11.6. The smallest absolute Gasteiger partial charge is 0.309 e. The molecule has 228 valence electrons. The number of aromatic nitrogens is 3. The molecular formula is C31H31ClN6O5S. The molecule has 1 N–H and O–H groups in total. The summed E-state index contributed by atoms with van der Waals surface area (Å²) in [5.74, 6) is 2.36. The highest BCUT2D eigenvalue weighted by Crippen LogP contribution is 2.49. The van der Waals surface area contributed by atoms with E-state index in [1.807, 2.05) is 43.3 Å². The van der Waals surface area contributed by atoms with Crippen molar-refractivity contribution < 1.29 is 22.7 Å². The third kappa shape index (κ3) is 5.14. The zero-order valence-corrected chi connectivity index (χ0v) is 25.6. The Morgan fingerprint density at radius 3 is 2.70 bits per heavy atom. The molecule has 0 amide bonds. The molecule has 44 heavy (non-hydrogen) atoms. The molecule has 6 heterocycles. The van der Waals surface area contributed by atoms with Crippen LogP contribution in [0.3, 0.4) is 0 Å². The second kappa shape index (κ2) is 11.1. The Balaban J connectivity index is 0.995. The average molecular weight is 635 g/mol. The summed E-state index contributed by atoms with van der Waals surface area (Å²) < 4.78 is 41.4. The number of fused-ring (bicyclic) bond motifs is 2. The molecule has 3 atom stereocenters. The van der Waals surface area contributed by atoms with Gasteiger partial charge in [0, 0.05) is 30.9 Å². The van der Waals surface area contributed by atoms with Gasteiger partial charge < -0.3 is 18.8 Å². The number of pyridine rings is 1. The van der Waals surface area contributed by atoms with Gasteiger partial charge in [-0.05, 0) is 74.7 Å². The molecule has 2 aromatic heterocycles. The number of hydrogen-bond acceptors (Lipinski definition) is 9. The van der Waals surface area contributed by atoms with E-state index in [2.05, 4.69) is 30.4 Å². The van der Waals surface area contributed by atoms with Crippen LogP contribution in [0.1, 0.15) is 54.7 Å². The Morgan fingerprint density at radius 2 is 1.98 bits per heavy atom. The monoisotopic (exact) mass is 634 g/mol. The summed E-state index contributed by atoms with van der Waals surface area (Å²) in [6.45, 7) is 6.03. The summed E-state index contributed by atoms with van der Waals surface area (Å²) in [5, 5.41) is 0.571. The SMILES string of the molecule is C[C@]1(c2ccc(Cl)cn2)Oc2cccc(C3CCN(Cc4nc5ccc(C6=NS(=O)ON6)cc5n4C[C@@H]4CCO4)CC3)c2O1. The number of imidazole rings is 1. The van der Waals surface area contributed by atoms with E-state index in [0.29, 0.717) is 22.5 Å². The highest BCUT2D eigenvalue weighted by molar-refractivity contribution is 7.79. The maximum Gasteiger partial charge on any atom is 0.309 e. The average Bonchev–Trinajstić information content (AvgIpc) is 3.70. The number of nitrogens with one attached hydrogen (secondary N) is 1. The van der Waals surface area contributed by atoms with Crippen molar-refractivity contribution in [3.63, 3.8) is 0 Å². The molecule has 0 saturated carbocycles. The highest BCUT2D eigenvalue weighted by atomic mass is 35.5. The van der Waals surface area contributed by atoms with Crippen molar-refractivity contribution in [2.24, 2.45) is 4.40 Å². The van der Waals surface area contributed by atoms with E-state index in [0.717, 1.165) is 86.0 Å². The number of ether oxygens (including phenoxy) is 3. The highest BCUT2D eigenvalue weighted by Gasteiger charge is 2.42. The van der Waals surface area contributed by atoms with Gasteiger partial charge in [-0.1, -0.05) is 23.7 Å². The first kappa shape index (κ1) is 28.0. The first-order chi connectivity index (χ1) is 21.4. The van der Waals surface area contributed by atoms with Crippen molar-refractivity contribution in [3.8, 4) is 11.5 Å². The van der Waals surface area contributed by atoms with E-state index in [9.17, 15) is 4.21 Å². The molecule has 4 aliphatic heterocycles. The van der Waals surface area contributed by atoms with Gasteiger partial charge in [0.2, 0.25) is 0 Å². The van der Waals surface area contributed by atoms with E-state index >= 15 is 0 Å². The van der Waals surface area contributed by atoms with Crippen LogP contribution in [0.5, 0.6) is 11.5 Å². The number of piperidine rings is 1. The van der Waals surface area contributed by atoms with Gasteiger partial charge in [-0.3, -0.25) is 9.88 Å². The number of amidine groups is 1. The van der Waals surface area contributed by atoms with Gasteiger partial charge in [-0.15, -0.1) is 4.40 Å². The summed E-state index contributed by atoms with van der Waals surface area (Å²) in [5.41, 5.74) is 7.22. The van der Waals surface area contributed by atoms with E-state index in [-0.39, 0.29) is 6.10 Å². The predicted octanol–water partition coefficient (Wildman–Crippen LogP) is 4.76. The largest absolute Gasteiger partial charge is 0.443 e. The molecule has 4 aliphatic rings. The van der Waals surface area contributed by atoms with Crippen LogP contribution in [0.25, 0.3) is 11.0 Å². The third-order valence-corrected chi connectivity index (χ3v) is 9.63. The van der Waals surface area contributed by atoms with Crippen molar-refractivity contribution in [1.82, 2.24) is 24.9 Å². The second-order valence-electron chi connectivity index (χ2n) is 11.7. The number of nitrogens with zero attached hydrogens (tertiary/aromatic N) is 5. The standard InChI is InChI=1S/C31H31ClN6O5S/c1-31(27-8-6-21(32)16-33-27)41-26-4-2-3-23(29(26)42-31)19-9-12-37(13-10-19)18-28-34-24-7-5-20(30-35-43-44(39)36-30)15-25(24)38(28)17-22-11-14-40-22/h2-8,15-16,19,22H,9-14,17-18H2,1H3,(H,35,36)/t22-,31-,44?/m0/s1. The molecule has 1 unspecified atom stereocenters. The molecule has 8 rings (SSSR count). The quantitative estimate of drug-likeness (QED) is 0.308. The normalized spacial score (nSPS) is 25.2. The van der Waals surface area contributed by atoms with Crippen LogP contribution in [0, 0.1) is 0 Å². The van der Waals surface area contributed by atoms with Gasteiger partial charge in [0.1, 0.15) is 11.5 Å². The topological polar surface area (TPSA) is 112 Å². The first-order valence-electron chi connectivity index (χ1n) is 14.8. The number of rotatable bonds is 7. The van der Waals surface area contributed by atoms with Crippen molar-refractivity contribution in [2.45, 2.75) is 57.1 Å². The minimum Gasteiger partial charge on any atom is -0.443 e. The number of halogens is 1. The molecule has 11 nitrogen and oxygen atoms in total. The van der Waals surface area contributed by atoms with Gasteiger partial charge in [0.05, 0.1) is 35.2 Å². The predicted molar refractivity (Wildman–Crippen MR) is 165 cm³/mol. The fourth-order valence-electron chi connectivity index (χ4n) is 6.40. The van der Waals surface area contributed by atoms with Crippen LogP contribution in [0.15, 0.2) is 59.1 Å². The van der Waals surface area contributed by atoms with E-state index in [1.54, 1.807) is 12.3 Å². The van der Waals surface area contributed by atoms with Gasteiger partial charge in [0.25, 0.3) is 5.79 Å². The van der Waals surface area contributed by atoms with Crippen LogP contribution < -0.4 is 15.0 Å². The number of benzene rings is 2. The molecule has 2 fully saturated rings. The van der Waals surface area contributed by atoms with Gasteiger partial charge in [-0.2, -0.15) is 4.28 Å². The second-order valence-corrected chi connectivity index (χ2v) is 12.9. The van der Waals surface area contributed by atoms with Crippen molar-refractivity contribution in [2.75, 3.05) is 19.7 Å². The zero-order valence-electron chi connectivity index (χ0n) is 24.1. The molecule has 4 aromatic rings. The Bertz CT molecular complexity index is 1790. The number of hydrogen-bond donors (Lipinski definition) is 1. The van der Waals surface area contributed by atoms with Gasteiger partial charge in [0.15, 0.2) is 17.3 Å². The molecule has 2 aromatic carbocycles. The van der Waals surface area contributed by atoms with Gasteiger partial charge >= 0.3 is 11.3 Å². The molecule has 0 radical (unpaired) electrons. The molecule has 0 aliphatic carbocycles. The van der Waals surface area contributed by atoms with E-state index in [1.165, 1.54) is 5.56 Å². The molecule has 0 spiro atoms. The van der Waals surface area contributed by atoms with Crippen LogP contribution in [0.4, 0.5) is 0 Å². The minimum absolute atomic E-state index is 0.175. The Hall–Kier alpha value is -3.55. The molecule has 13 heteroatoms. The van der Waals surface area contributed by atoms with Crippen LogP contribution in [0.2, 0.25) is 5.02 Å². The maximum absolute atomic E-state index is 11.6. The lowest BCUT2D eigenvalue weighted by molar-refractivity contribution is -0.0722. The first-order valence-corrected chi connectivity index (χ1v) is 16.2. The third-order valence-electron chi connectivity index (χ3n) is 8.85. The minimum atomic E-state index is -1.72. The van der Waals surface area contributed by atoms with Crippen molar-refractivity contribution in [1.29, 1.82) is 0 Å². The molecular weight excluding hydrogens is 604 g/mol. The molecule has 2 saturated heterocycles. The van der Waals surface area contributed by atoms with Crippen molar-refractivity contribution >= 4 is 39.7 Å². The fraction of sp³-hybridized carbons (Fsp3) is 0.387. The lowest BCUT2D eigenvalue weighted by Crippen LogP contribution is -2.35. The van der Waals surface area contributed by atoms with Crippen molar-refractivity contribution in [3.05, 3.63) is 82.4 Å². The summed E-state index contributed by atoms with van der Waals surface area (Å²) in [6, 6.07) is 15.7. The van der Waals surface area contributed by atoms with E-state index in [4.69, 9.17) is 35.1 Å². The Morgan fingerprint density at radius 1 is 1.11 bits per heavy atom. The Kier molecular flexibility index (Phi) is 7.06. The number of hydroxylamine groups is 1.